The SMILES string of the molecule is CON=C(C(=O)NC1C(=O)N2C(C(=O)O)=C(C[n+]3cccc(N)c3)CS[C@@H]12)c1nsc(N)n1. The molecule has 0 radical (unpaired) electrons. The number of aliphatic carboxylic acids is 1. The molecular formula is C18H19N8O5S2+. The van der Waals surface area contributed by atoms with Gasteiger partial charge in [0.1, 0.15) is 24.2 Å². The minimum Gasteiger partial charge on any atom is -0.477 e. The zero-order valence-corrected chi connectivity index (χ0v) is 18.8. The van der Waals surface area contributed by atoms with Crippen molar-refractivity contribution >= 4 is 57.6 Å². The summed E-state index contributed by atoms with van der Waals surface area (Å²) in [6, 6.07) is 2.52. The smallest absolute Gasteiger partial charge is 0.352 e. The predicted octanol–water partition coefficient (Wildman–Crippen LogP) is -1.22. The maximum absolute atomic E-state index is 12.9. The average Bonchev–Trinajstić information content (AvgIpc) is 3.21. The molecule has 0 saturated carbocycles. The third-order valence-corrected chi connectivity index (χ3v) is 6.72. The maximum Gasteiger partial charge on any atom is 0.352 e. The number of carboxylic acid groups (broad SMARTS) is 1. The van der Waals surface area contributed by atoms with Crippen molar-refractivity contribution in [2.75, 3.05) is 24.3 Å². The number of fused-ring (bicyclic) bond motifs is 1. The van der Waals surface area contributed by atoms with Crippen molar-refractivity contribution in [1.29, 1.82) is 0 Å². The molecule has 4 rings (SSSR count). The lowest BCUT2D eigenvalue weighted by Crippen LogP contribution is -2.71. The second-order valence-electron chi connectivity index (χ2n) is 7.01. The van der Waals surface area contributed by atoms with Gasteiger partial charge >= 0.3 is 5.97 Å². The molecule has 6 N–H and O–H groups in total. The van der Waals surface area contributed by atoms with Crippen molar-refractivity contribution in [3.63, 3.8) is 0 Å². The predicted molar refractivity (Wildman–Crippen MR) is 119 cm³/mol. The topological polar surface area (TPSA) is 190 Å². The van der Waals surface area contributed by atoms with Gasteiger partial charge in [-0.05, 0) is 6.07 Å². The number of carbonyl (C=O) groups is 3. The molecular weight excluding hydrogens is 472 g/mol. The van der Waals surface area contributed by atoms with Crippen molar-refractivity contribution < 1.29 is 28.9 Å². The van der Waals surface area contributed by atoms with Crippen LogP contribution in [0.1, 0.15) is 5.82 Å². The van der Waals surface area contributed by atoms with E-state index >= 15 is 0 Å². The highest BCUT2D eigenvalue weighted by Gasteiger charge is 2.54. The molecule has 2 aromatic rings. The molecule has 2 aliphatic rings. The number of amides is 2. The Bertz CT molecular complexity index is 1200. The van der Waals surface area contributed by atoms with Gasteiger partial charge in [-0.3, -0.25) is 14.5 Å². The van der Waals surface area contributed by atoms with Crippen LogP contribution in [-0.2, 0) is 25.8 Å². The van der Waals surface area contributed by atoms with Gasteiger partial charge in [-0.25, -0.2) is 4.79 Å². The fourth-order valence-corrected chi connectivity index (χ4v) is 5.25. The molecule has 2 aromatic heterocycles. The lowest BCUT2D eigenvalue weighted by atomic mass is 10.0. The number of hydrogen-bond acceptors (Lipinski definition) is 11. The number of rotatable bonds is 7. The van der Waals surface area contributed by atoms with Crippen LogP contribution in [0.5, 0.6) is 0 Å². The Morgan fingerprint density at radius 1 is 1.45 bits per heavy atom. The van der Waals surface area contributed by atoms with E-state index in [0.717, 1.165) is 11.5 Å². The van der Waals surface area contributed by atoms with Gasteiger partial charge in [0.15, 0.2) is 24.1 Å². The van der Waals surface area contributed by atoms with Crippen LogP contribution >= 0.6 is 23.3 Å². The molecule has 33 heavy (non-hydrogen) atoms. The Morgan fingerprint density at radius 2 is 2.24 bits per heavy atom. The number of aromatic nitrogens is 3. The van der Waals surface area contributed by atoms with Gasteiger partial charge in [0.05, 0.1) is 5.69 Å². The van der Waals surface area contributed by atoms with Crippen molar-refractivity contribution in [3.05, 3.63) is 41.6 Å². The quantitative estimate of drug-likeness (QED) is 0.158. The lowest BCUT2D eigenvalue weighted by Gasteiger charge is -2.49. The normalized spacial score (nSPS) is 20.2. The van der Waals surface area contributed by atoms with Gasteiger partial charge in [0.25, 0.3) is 11.8 Å². The monoisotopic (exact) mass is 491 g/mol. The number of nitrogens with zero attached hydrogens (tertiary/aromatic N) is 5. The van der Waals surface area contributed by atoms with Gasteiger partial charge in [-0.2, -0.15) is 13.9 Å². The number of carbonyl (C=O) groups excluding carboxylic acids is 2. The zero-order valence-electron chi connectivity index (χ0n) is 17.2. The molecule has 15 heteroatoms. The van der Waals surface area contributed by atoms with E-state index in [1.165, 1.54) is 23.8 Å². The number of carboxylic acids is 1. The average molecular weight is 492 g/mol. The first kappa shape index (κ1) is 22.5. The molecule has 1 unspecified atom stereocenters. The number of thioether (sulfide) groups is 1. The summed E-state index contributed by atoms with van der Waals surface area (Å²) in [7, 11) is 1.25. The number of β-lactam (4-membered cyclic amide) rings is 1. The Morgan fingerprint density at radius 3 is 2.88 bits per heavy atom. The number of oxime groups is 1. The summed E-state index contributed by atoms with van der Waals surface area (Å²) in [6.45, 7) is 0.259. The van der Waals surface area contributed by atoms with Crippen LogP contribution in [0.25, 0.3) is 0 Å². The van der Waals surface area contributed by atoms with Crippen LogP contribution in [0.15, 0.2) is 41.0 Å². The molecule has 0 aliphatic carbocycles. The number of anilines is 2. The summed E-state index contributed by atoms with van der Waals surface area (Å²) < 4.78 is 5.68. The molecule has 0 spiro atoms. The van der Waals surface area contributed by atoms with Gasteiger partial charge in [0.2, 0.25) is 11.5 Å². The largest absolute Gasteiger partial charge is 0.477 e. The fraction of sp³-hybridized carbons (Fsp3) is 0.278. The van der Waals surface area contributed by atoms with Crippen LogP contribution in [0.2, 0.25) is 0 Å². The van der Waals surface area contributed by atoms with E-state index in [2.05, 4.69) is 19.8 Å². The third kappa shape index (κ3) is 4.31. The van der Waals surface area contributed by atoms with Gasteiger partial charge in [0, 0.05) is 28.9 Å². The maximum atomic E-state index is 12.9. The number of nitrogens with two attached hydrogens (primary N) is 2. The molecule has 2 aliphatic heterocycles. The Kier molecular flexibility index (Phi) is 6.15. The van der Waals surface area contributed by atoms with Gasteiger partial charge in [-0.1, -0.05) is 5.16 Å². The minimum absolute atomic E-state index is 0.0376. The number of pyridine rings is 1. The van der Waals surface area contributed by atoms with E-state index < -0.39 is 29.2 Å². The van der Waals surface area contributed by atoms with Crippen LogP contribution in [0.3, 0.4) is 0 Å². The summed E-state index contributed by atoms with van der Waals surface area (Å²) in [6.07, 6.45) is 3.44. The highest BCUT2D eigenvalue weighted by Crippen LogP contribution is 2.40. The zero-order chi connectivity index (χ0) is 23.7. The van der Waals surface area contributed by atoms with E-state index in [1.54, 1.807) is 29.1 Å². The van der Waals surface area contributed by atoms with Crippen molar-refractivity contribution in [2.45, 2.75) is 18.0 Å². The number of nitrogens with one attached hydrogen (secondary N) is 1. The van der Waals surface area contributed by atoms with Gasteiger partial charge in [-0.15, -0.1) is 11.8 Å². The summed E-state index contributed by atoms with van der Waals surface area (Å²) in [5, 5.41) is 15.6. The molecule has 1 saturated heterocycles. The second kappa shape index (κ2) is 9.03. The first-order valence-corrected chi connectivity index (χ1v) is 11.3. The fourth-order valence-electron chi connectivity index (χ4n) is 3.48. The van der Waals surface area contributed by atoms with Gasteiger partial charge < -0.3 is 26.7 Å². The molecule has 1 fully saturated rings. The standard InChI is InChI=1S/C18H18N8O5S2/c1-31-23-10(13-22-18(20)33-24-13)14(27)21-11-15(28)26-12(17(29)30)8(7-32-16(11)26)5-25-4-2-3-9(19)6-25/h2-4,6,11,16H,5,7,19H2,1H3,(H3-,20,21,22,24,27,29,30)/p+1/t11?,16-/m0/s1. The molecule has 2 amide bonds. The lowest BCUT2D eigenvalue weighted by molar-refractivity contribution is -0.688. The highest BCUT2D eigenvalue weighted by atomic mass is 32.2. The van der Waals surface area contributed by atoms with E-state index in [0.29, 0.717) is 17.0 Å². The van der Waals surface area contributed by atoms with Crippen molar-refractivity contribution in [1.82, 2.24) is 19.6 Å². The summed E-state index contributed by atoms with van der Waals surface area (Å²) >= 11 is 2.23. The van der Waals surface area contributed by atoms with Crippen LogP contribution in [0, 0.1) is 0 Å². The first-order chi connectivity index (χ1) is 15.8. The second-order valence-corrected chi connectivity index (χ2v) is 8.89. The van der Waals surface area contributed by atoms with E-state index in [4.69, 9.17) is 16.3 Å². The minimum atomic E-state index is -1.22. The molecule has 4 heterocycles. The van der Waals surface area contributed by atoms with E-state index in [9.17, 15) is 19.5 Å². The third-order valence-electron chi connectivity index (χ3n) is 4.84. The molecule has 172 valence electrons. The first-order valence-electron chi connectivity index (χ1n) is 9.46. The van der Waals surface area contributed by atoms with Crippen molar-refractivity contribution in [2.24, 2.45) is 5.16 Å². The Labute approximate surface area is 195 Å². The van der Waals surface area contributed by atoms with Crippen molar-refractivity contribution in [3.8, 4) is 0 Å². The molecule has 0 aromatic carbocycles. The molecule has 13 nitrogen and oxygen atoms in total. The van der Waals surface area contributed by atoms with E-state index in [-0.39, 0.29) is 28.9 Å². The Hall–Kier alpha value is -3.72. The van der Waals surface area contributed by atoms with E-state index in [1.807, 2.05) is 0 Å². The Balaban J connectivity index is 1.54. The van der Waals surface area contributed by atoms with Crippen LogP contribution in [0.4, 0.5) is 10.8 Å². The number of hydrogen-bond donors (Lipinski definition) is 4. The van der Waals surface area contributed by atoms with Crippen LogP contribution in [-0.4, -0.2) is 67.1 Å². The summed E-state index contributed by atoms with van der Waals surface area (Å²) in [5.74, 6) is -2.19. The summed E-state index contributed by atoms with van der Waals surface area (Å²) in [4.78, 5) is 47.4. The highest BCUT2D eigenvalue weighted by molar-refractivity contribution is 8.00. The van der Waals surface area contributed by atoms with Crippen LogP contribution < -0.4 is 21.4 Å². The number of nitrogen functional groups attached to an aromatic ring is 2. The molecule has 0 bridgehead atoms. The molecule has 2 atom stereocenters. The summed E-state index contributed by atoms with van der Waals surface area (Å²) in [5.41, 5.74) is 12.1.